The van der Waals surface area contributed by atoms with Crippen LogP contribution in [-0.4, -0.2) is 4.98 Å². The van der Waals surface area contributed by atoms with Gasteiger partial charge in [0.2, 0.25) is 5.89 Å². The maximum absolute atomic E-state index is 6.74. The predicted molar refractivity (Wildman–Crippen MR) is 176 cm³/mol. The van der Waals surface area contributed by atoms with Crippen LogP contribution in [-0.2, 0) is 0 Å². The summed E-state index contributed by atoms with van der Waals surface area (Å²) in [6.45, 7) is 0. The van der Waals surface area contributed by atoms with E-state index < -0.39 is 0 Å². The summed E-state index contributed by atoms with van der Waals surface area (Å²) in [5.41, 5.74) is 6.93. The van der Waals surface area contributed by atoms with Gasteiger partial charge in [-0.1, -0.05) is 103 Å². The van der Waals surface area contributed by atoms with Crippen LogP contribution in [0.5, 0.6) is 0 Å². The third-order valence-corrected chi connectivity index (χ3v) is 8.24. The van der Waals surface area contributed by atoms with E-state index >= 15 is 0 Å². The average Bonchev–Trinajstić information content (AvgIpc) is 3.67. The molecule has 0 saturated heterocycles. The number of benzene rings is 7. The number of fused-ring (bicyclic) bond motifs is 7. The van der Waals surface area contributed by atoms with Crippen molar-refractivity contribution in [1.82, 2.24) is 4.98 Å². The predicted octanol–water partition coefficient (Wildman–Crippen LogP) is 11.2. The van der Waals surface area contributed by atoms with Crippen LogP contribution < -0.4 is 4.90 Å². The number of oxazole rings is 1. The second-order valence-corrected chi connectivity index (χ2v) is 10.8. The summed E-state index contributed by atoms with van der Waals surface area (Å²) in [5, 5.41) is 6.74. The molecule has 0 aliphatic carbocycles. The number of aromatic nitrogens is 1. The molecular weight excluding hydrogens is 528 g/mol. The Balaban J connectivity index is 1.47. The lowest BCUT2D eigenvalue weighted by Crippen LogP contribution is -2.11. The van der Waals surface area contributed by atoms with E-state index in [1.54, 1.807) is 0 Å². The van der Waals surface area contributed by atoms with Gasteiger partial charge in [-0.25, -0.2) is 4.98 Å². The highest BCUT2D eigenvalue weighted by molar-refractivity contribution is 6.22. The fourth-order valence-electron chi connectivity index (χ4n) is 6.35. The smallest absolute Gasteiger partial charge is 0.227 e. The first-order valence-corrected chi connectivity index (χ1v) is 14.4. The molecule has 4 heteroatoms. The van der Waals surface area contributed by atoms with Crippen LogP contribution in [0.3, 0.4) is 0 Å². The van der Waals surface area contributed by atoms with Crippen LogP contribution in [0.1, 0.15) is 0 Å². The number of nitrogens with zero attached hydrogens (tertiary/aromatic N) is 2. The molecule has 0 fully saturated rings. The minimum atomic E-state index is 0.574. The van der Waals surface area contributed by atoms with E-state index in [0.29, 0.717) is 11.5 Å². The Hall–Kier alpha value is -5.87. The van der Waals surface area contributed by atoms with E-state index in [1.807, 2.05) is 54.6 Å². The highest BCUT2D eigenvalue weighted by Crippen LogP contribution is 2.50. The van der Waals surface area contributed by atoms with Gasteiger partial charge in [0.15, 0.2) is 5.58 Å². The number of para-hydroxylation sites is 2. The van der Waals surface area contributed by atoms with Gasteiger partial charge in [-0.15, -0.1) is 0 Å². The van der Waals surface area contributed by atoms with E-state index in [1.165, 1.54) is 16.2 Å². The number of anilines is 3. The third-order valence-electron chi connectivity index (χ3n) is 8.24. The molecular formula is C39H24N2O2. The molecule has 7 aromatic carbocycles. The van der Waals surface area contributed by atoms with E-state index in [0.717, 1.165) is 55.5 Å². The van der Waals surface area contributed by atoms with Gasteiger partial charge in [0.05, 0.1) is 11.1 Å². The van der Waals surface area contributed by atoms with Gasteiger partial charge in [-0.05, 0) is 52.6 Å². The highest BCUT2D eigenvalue weighted by atomic mass is 16.4. The second-order valence-electron chi connectivity index (χ2n) is 10.8. The second kappa shape index (κ2) is 9.33. The van der Waals surface area contributed by atoms with Crippen molar-refractivity contribution in [3.05, 3.63) is 146 Å². The molecule has 0 unspecified atom stereocenters. The van der Waals surface area contributed by atoms with Crippen molar-refractivity contribution in [2.24, 2.45) is 0 Å². The summed E-state index contributed by atoms with van der Waals surface area (Å²) in [6.07, 6.45) is 0. The van der Waals surface area contributed by atoms with Crippen LogP contribution in [0.25, 0.3) is 66.0 Å². The van der Waals surface area contributed by atoms with Crippen molar-refractivity contribution in [2.45, 2.75) is 0 Å². The van der Waals surface area contributed by atoms with Gasteiger partial charge in [0, 0.05) is 28.1 Å². The zero-order valence-electron chi connectivity index (χ0n) is 23.1. The number of hydrogen-bond acceptors (Lipinski definition) is 4. The number of hydrogen-bond donors (Lipinski definition) is 0. The SMILES string of the molecule is c1ccc(-c2nc3cc4oc5ccccc5c4c(N(c4ccccc4)c4cc5ccccc5c5ccccc45)c3o2)cc1. The molecule has 0 spiro atoms. The first-order chi connectivity index (χ1) is 21.3. The molecule has 2 aromatic heterocycles. The fraction of sp³-hybridized carbons (Fsp3) is 0. The molecule has 0 aliphatic heterocycles. The molecule has 0 saturated carbocycles. The molecule has 43 heavy (non-hydrogen) atoms. The van der Waals surface area contributed by atoms with Crippen molar-refractivity contribution in [3.8, 4) is 11.5 Å². The maximum Gasteiger partial charge on any atom is 0.227 e. The Labute approximate surface area is 247 Å². The molecule has 9 rings (SSSR count). The van der Waals surface area contributed by atoms with Gasteiger partial charge >= 0.3 is 0 Å². The lowest BCUT2D eigenvalue weighted by molar-refractivity contribution is 0.620. The van der Waals surface area contributed by atoms with Gasteiger partial charge < -0.3 is 13.7 Å². The molecule has 0 aliphatic rings. The van der Waals surface area contributed by atoms with E-state index in [9.17, 15) is 0 Å². The van der Waals surface area contributed by atoms with E-state index in [-0.39, 0.29) is 0 Å². The monoisotopic (exact) mass is 552 g/mol. The molecule has 202 valence electrons. The Morgan fingerprint density at radius 3 is 1.98 bits per heavy atom. The summed E-state index contributed by atoms with van der Waals surface area (Å²) in [5.74, 6) is 0.574. The number of rotatable bonds is 4. The molecule has 0 amide bonds. The van der Waals surface area contributed by atoms with Crippen LogP contribution in [0, 0.1) is 0 Å². The largest absolute Gasteiger partial charge is 0.456 e. The van der Waals surface area contributed by atoms with Gasteiger partial charge in [-0.2, -0.15) is 0 Å². The fourth-order valence-corrected chi connectivity index (χ4v) is 6.35. The summed E-state index contributed by atoms with van der Waals surface area (Å²) in [6, 6.07) is 50.2. The van der Waals surface area contributed by atoms with Crippen LogP contribution >= 0.6 is 0 Å². The normalized spacial score (nSPS) is 11.7. The van der Waals surface area contributed by atoms with Crippen LogP contribution in [0.4, 0.5) is 17.1 Å². The highest BCUT2D eigenvalue weighted by Gasteiger charge is 2.27. The third kappa shape index (κ3) is 3.67. The van der Waals surface area contributed by atoms with Gasteiger partial charge in [-0.3, -0.25) is 0 Å². The zero-order chi connectivity index (χ0) is 28.3. The summed E-state index contributed by atoms with van der Waals surface area (Å²) in [4.78, 5) is 7.31. The van der Waals surface area contributed by atoms with Crippen molar-refractivity contribution in [3.63, 3.8) is 0 Å². The molecule has 9 aromatic rings. The number of furan rings is 1. The molecule has 0 N–H and O–H groups in total. The molecule has 4 nitrogen and oxygen atoms in total. The summed E-state index contributed by atoms with van der Waals surface area (Å²) < 4.78 is 13.2. The minimum absolute atomic E-state index is 0.574. The minimum Gasteiger partial charge on any atom is -0.456 e. The first kappa shape index (κ1) is 23.8. The average molecular weight is 553 g/mol. The molecule has 0 radical (unpaired) electrons. The molecule has 2 heterocycles. The maximum atomic E-state index is 6.74. The summed E-state index contributed by atoms with van der Waals surface area (Å²) in [7, 11) is 0. The van der Waals surface area contributed by atoms with Crippen LogP contribution in [0.2, 0.25) is 0 Å². The summed E-state index contributed by atoms with van der Waals surface area (Å²) >= 11 is 0. The van der Waals surface area contributed by atoms with Crippen molar-refractivity contribution in [2.75, 3.05) is 4.90 Å². The zero-order valence-corrected chi connectivity index (χ0v) is 23.1. The van der Waals surface area contributed by atoms with Crippen molar-refractivity contribution >= 4 is 71.6 Å². The van der Waals surface area contributed by atoms with Gasteiger partial charge in [0.1, 0.15) is 22.4 Å². The lowest BCUT2D eigenvalue weighted by atomic mass is 9.98. The molecule has 0 atom stereocenters. The van der Waals surface area contributed by atoms with Gasteiger partial charge in [0.25, 0.3) is 0 Å². The van der Waals surface area contributed by atoms with E-state index in [2.05, 4.69) is 95.9 Å². The topological polar surface area (TPSA) is 42.4 Å². The Bertz CT molecular complexity index is 2460. The standard InChI is InChI=1S/C39H24N2O2/c1-3-13-25(14-4-1)39-40-32-24-35-36(31-21-11-12-22-34(31)42-35)37(38(32)43-39)41(27-16-5-2-6-17-27)33-23-26-15-7-8-18-28(26)29-19-9-10-20-30(29)33/h1-24H. The molecule has 0 bridgehead atoms. The van der Waals surface area contributed by atoms with Crippen LogP contribution in [0.15, 0.2) is 154 Å². The van der Waals surface area contributed by atoms with E-state index in [4.69, 9.17) is 13.8 Å². The lowest BCUT2D eigenvalue weighted by Gasteiger charge is -2.28. The Kier molecular flexibility index (Phi) is 5.16. The van der Waals surface area contributed by atoms with Crippen molar-refractivity contribution < 1.29 is 8.83 Å². The Morgan fingerprint density at radius 2 is 1.16 bits per heavy atom. The first-order valence-electron chi connectivity index (χ1n) is 14.4. The van der Waals surface area contributed by atoms with Crippen molar-refractivity contribution in [1.29, 1.82) is 0 Å². The quantitative estimate of drug-likeness (QED) is 0.204. The Morgan fingerprint density at radius 1 is 0.512 bits per heavy atom.